The molecule has 1 heterocycles. The second-order valence-electron chi connectivity index (χ2n) is 6.07. The van der Waals surface area contributed by atoms with Gasteiger partial charge in [0.2, 0.25) is 0 Å². The Balaban J connectivity index is 1.99. The molecule has 1 aliphatic rings. The highest BCUT2D eigenvalue weighted by molar-refractivity contribution is 5.84. The van der Waals surface area contributed by atoms with Crippen LogP contribution in [0.5, 0.6) is 0 Å². The van der Waals surface area contributed by atoms with Crippen LogP contribution in [-0.4, -0.2) is 29.8 Å². The predicted molar refractivity (Wildman–Crippen MR) is 77.0 cm³/mol. The van der Waals surface area contributed by atoms with Crippen molar-refractivity contribution < 1.29 is 19.1 Å². The van der Waals surface area contributed by atoms with Crippen molar-refractivity contribution in [1.82, 2.24) is 4.98 Å². The molecule has 6 heteroatoms. The first-order valence-corrected chi connectivity index (χ1v) is 6.84. The molecule has 0 spiro atoms. The van der Waals surface area contributed by atoms with Crippen molar-refractivity contribution in [2.45, 2.75) is 38.7 Å². The van der Waals surface area contributed by atoms with E-state index in [0.717, 1.165) is 12.0 Å². The molecule has 0 aromatic carbocycles. The molecular weight excluding hydrogens is 272 g/mol. The zero-order chi connectivity index (χ0) is 15.6. The monoisotopic (exact) mass is 292 g/mol. The molecule has 1 saturated carbocycles. The maximum atomic E-state index is 11.7. The van der Waals surface area contributed by atoms with Crippen LogP contribution in [0, 0.1) is 5.92 Å². The summed E-state index contributed by atoms with van der Waals surface area (Å²) in [7, 11) is 1.39. The van der Waals surface area contributed by atoms with E-state index in [4.69, 9.17) is 9.47 Å². The van der Waals surface area contributed by atoms with Crippen molar-refractivity contribution in [2.75, 3.05) is 12.4 Å². The van der Waals surface area contributed by atoms with Crippen LogP contribution in [0.2, 0.25) is 0 Å². The summed E-state index contributed by atoms with van der Waals surface area (Å²) < 4.78 is 9.90. The molecule has 0 aliphatic heterocycles. The van der Waals surface area contributed by atoms with Gasteiger partial charge in [0.05, 0.1) is 13.0 Å². The molecule has 1 aliphatic carbocycles. The third-order valence-electron chi connectivity index (χ3n) is 3.14. The first-order valence-electron chi connectivity index (χ1n) is 6.84. The highest BCUT2D eigenvalue weighted by atomic mass is 16.6. The van der Waals surface area contributed by atoms with E-state index in [9.17, 15) is 9.59 Å². The standard InChI is InChI=1S/C15H20N2O4/c1-15(2,3)21-14(19)17-12-7-9(5-6-16-12)10-8-11(10)13(18)20-4/h5-7,10-11H,8H2,1-4H3,(H,16,17,19)/t10-,11+/m1/s1. The summed E-state index contributed by atoms with van der Waals surface area (Å²) in [6.07, 6.45) is 1.82. The van der Waals surface area contributed by atoms with E-state index in [1.54, 1.807) is 33.0 Å². The molecular formula is C15H20N2O4. The van der Waals surface area contributed by atoms with E-state index in [-0.39, 0.29) is 17.8 Å². The summed E-state index contributed by atoms with van der Waals surface area (Å²) in [5.74, 6) is 0.266. The minimum atomic E-state index is -0.561. The van der Waals surface area contributed by atoms with E-state index < -0.39 is 11.7 Å². The number of ether oxygens (including phenoxy) is 2. The smallest absolute Gasteiger partial charge is 0.413 e. The molecule has 1 amide bonds. The average Bonchev–Trinajstić information content (AvgIpc) is 3.16. The number of nitrogens with one attached hydrogen (secondary N) is 1. The molecule has 1 fully saturated rings. The minimum absolute atomic E-state index is 0.0909. The highest BCUT2D eigenvalue weighted by Crippen LogP contribution is 2.48. The van der Waals surface area contributed by atoms with Gasteiger partial charge in [0.1, 0.15) is 11.4 Å². The Bertz CT molecular complexity index is 551. The molecule has 1 aromatic rings. The van der Waals surface area contributed by atoms with Crippen LogP contribution in [-0.2, 0) is 14.3 Å². The Hall–Kier alpha value is -2.11. The molecule has 1 aromatic heterocycles. The molecule has 0 radical (unpaired) electrons. The molecule has 1 N–H and O–H groups in total. The fourth-order valence-electron chi connectivity index (χ4n) is 2.13. The van der Waals surface area contributed by atoms with Gasteiger partial charge in [-0.1, -0.05) is 0 Å². The molecule has 2 rings (SSSR count). The molecule has 21 heavy (non-hydrogen) atoms. The average molecular weight is 292 g/mol. The maximum Gasteiger partial charge on any atom is 0.413 e. The summed E-state index contributed by atoms with van der Waals surface area (Å²) >= 11 is 0. The van der Waals surface area contributed by atoms with Crippen LogP contribution in [0.3, 0.4) is 0 Å². The number of anilines is 1. The molecule has 0 bridgehead atoms. The van der Waals surface area contributed by atoms with Gasteiger partial charge >= 0.3 is 12.1 Å². The second kappa shape index (κ2) is 5.71. The zero-order valence-corrected chi connectivity index (χ0v) is 12.7. The van der Waals surface area contributed by atoms with E-state index in [1.807, 2.05) is 6.07 Å². The number of amides is 1. The van der Waals surface area contributed by atoms with Crippen molar-refractivity contribution in [2.24, 2.45) is 5.92 Å². The largest absolute Gasteiger partial charge is 0.469 e. The van der Waals surface area contributed by atoms with E-state index in [1.165, 1.54) is 7.11 Å². The van der Waals surface area contributed by atoms with Crippen molar-refractivity contribution in [3.8, 4) is 0 Å². The molecule has 6 nitrogen and oxygen atoms in total. The van der Waals surface area contributed by atoms with Crippen molar-refractivity contribution in [1.29, 1.82) is 0 Å². The first-order chi connectivity index (χ1) is 9.80. The number of methoxy groups -OCH3 is 1. The Labute approximate surface area is 123 Å². The Morgan fingerprint density at radius 2 is 2.10 bits per heavy atom. The minimum Gasteiger partial charge on any atom is -0.469 e. The second-order valence-corrected chi connectivity index (χ2v) is 6.07. The highest BCUT2D eigenvalue weighted by Gasteiger charge is 2.45. The Morgan fingerprint density at radius 1 is 1.38 bits per heavy atom. The third-order valence-corrected chi connectivity index (χ3v) is 3.14. The summed E-state index contributed by atoms with van der Waals surface area (Å²) in [6.45, 7) is 5.38. The number of hydrogen-bond donors (Lipinski definition) is 1. The number of carbonyl (C=O) groups excluding carboxylic acids is 2. The van der Waals surface area contributed by atoms with E-state index >= 15 is 0 Å². The number of pyridine rings is 1. The van der Waals surface area contributed by atoms with Crippen LogP contribution in [0.15, 0.2) is 18.3 Å². The lowest BCUT2D eigenvalue weighted by Crippen LogP contribution is -2.27. The lowest BCUT2D eigenvalue weighted by molar-refractivity contribution is -0.142. The van der Waals surface area contributed by atoms with Crippen LogP contribution in [0.1, 0.15) is 38.7 Å². The van der Waals surface area contributed by atoms with Gasteiger partial charge in [-0.15, -0.1) is 0 Å². The van der Waals surface area contributed by atoms with Crippen LogP contribution in [0.4, 0.5) is 10.6 Å². The lowest BCUT2D eigenvalue weighted by Gasteiger charge is -2.19. The first kappa shape index (κ1) is 15.3. The molecule has 2 atom stereocenters. The number of aromatic nitrogens is 1. The van der Waals surface area contributed by atoms with Gasteiger partial charge in [-0.3, -0.25) is 10.1 Å². The Morgan fingerprint density at radius 3 is 2.71 bits per heavy atom. The lowest BCUT2D eigenvalue weighted by atomic mass is 10.1. The third kappa shape index (κ3) is 4.18. The van der Waals surface area contributed by atoms with Crippen molar-refractivity contribution >= 4 is 17.9 Å². The normalized spacial score (nSPS) is 20.6. The fourth-order valence-corrected chi connectivity index (χ4v) is 2.13. The molecule has 0 saturated heterocycles. The van der Waals surface area contributed by atoms with Gasteiger partial charge in [0, 0.05) is 6.20 Å². The zero-order valence-electron chi connectivity index (χ0n) is 12.7. The summed E-state index contributed by atoms with van der Waals surface area (Å²) in [5, 5.41) is 2.59. The van der Waals surface area contributed by atoms with Gasteiger partial charge in [-0.2, -0.15) is 0 Å². The van der Waals surface area contributed by atoms with Crippen molar-refractivity contribution in [3.05, 3.63) is 23.9 Å². The molecule has 0 unspecified atom stereocenters. The predicted octanol–water partition coefficient (Wildman–Crippen LogP) is 2.71. The van der Waals surface area contributed by atoms with Crippen LogP contribution < -0.4 is 5.32 Å². The number of rotatable bonds is 3. The van der Waals surface area contributed by atoms with Gasteiger partial charge in [0.15, 0.2) is 0 Å². The molecule has 114 valence electrons. The van der Waals surface area contributed by atoms with Gasteiger partial charge in [0.25, 0.3) is 0 Å². The topological polar surface area (TPSA) is 77.5 Å². The van der Waals surface area contributed by atoms with Gasteiger partial charge in [-0.05, 0) is 50.8 Å². The summed E-state index contributed by atoms with van der Waals surface area (Å²) in [4.78, 5) is 27.2. The number of hydrogen-bond acceptors (Lipinski definition) is 5. The van der Waals surface area contributed by atoms with Gasteiger partial charge in [-0.25, -0.2) is 9.78 Å². The quantitative estimate of drug-likeness (QED) is 0.867. The SMILES string of the molecule is COC(=O)[C@H]1C[C@@H]1c1ccnc(NC(=O)OC(C)(C)C)c1. The van der Waals surface area contributed by atoms with E-state index in [2.05, 4.69) is 10.3 Å². The number of carbonyl (C=O) groups is 2. The summed E-state index contributed by atoms with van der Waals surface area (Å²) in [5.41, 5.74) is 0.403. The van der Waals surface area contributed by atoms with E-state index in [0.29, 0.717) is 5.82 Å². The van der Waals surface area contributed by atoms with Crippen LogP contribution in [0.25, 0.3) is 0 Å². The number of esters is 1. The van der Waals surface area contributed by atoms with Crippen LogP contribution >= 0.6 is 0 Å². The fraction of sp³-hybridized carbons (Fsp3) is 0.533. The summed E-state index contributed by atoms with van der Waals surface area (Å²) in [6, 6.07) is 3.60. The number of nitrogens with zero attached hydrogens (tertiary/aromatic N) is 1. The van der Waals surface area contributed by atoms with Crippen molar-refractivity contribution in [3.63, 3.8) is 0 Å². The van der Waals surface area contributed by atoms with Gasteiger partial charge < -0.3 is 9.47 Å². The maximum absolute atomic E-state index is 11.7. The Kier molecular flexibility index (Phi) is 4.16.